The van der Waals surface area contributed by atoms with Crippen LogP contribution in [0, 0.1) is 0 Å². The van der Waals surface area contributed by atoms with Gasteiger partial charge in [-0.2, -0.15) is 0 Å². The van der Waals surface area contributed by atoms with Gasteiger partial charge in [0.2, 0.25) is 0 Å². The zero-order chi connectivity index (χ0) is 22.1. The van der Waals surface area contributed by atoms with Crippen molar-refractivity contribution in [1.29, 1.82) is 0 Å². The minimum Gasteiger partial charge on any atom is -0.456 e. The topological polar surface area (TPSA) is 30.9 Å². The van der Waals surface area contributed by atoms with E-state index in [2.05, 4.69) is 73.6 Å². The summed E-state index contributed by atoms with van der Waals surface area (Å²) in [6.07, 6.45) is 0.578. The lowest BCUT2D eigenvalue weighted by Gasteiger charge is -2.16. The second-order valence-corrected chi connectivity index (χ2v) is 9.36. The molecule has 0 aliphatic carbocycles. The number of rotatable bonds is 7. The van der Waals surface area contributed by atoms with Crippen molar-refractivity contribution in [3.05, 3.63) is 71.6 Å². The number of thiophene rings is 1. The average Bonchev–Trinajstić information content (AvgIpc) is 3.19. The highest BCUT2D eigenvalue weighted by Crippen LogP contribution is 2.52. The Kier molecular flexibility index (Phi) is 5.98. The molecule has 0 saturated carbocycles. The smallest absolute Gasteiger partial charge is 0.192 e. The van der Waals surface area contributed by atoms with Gasteiger partial charge in [0.1, 0.15) is 11.5 Å². The second kappa shape index (κ2) is 9.04. The van der Waals surface area contributed by atoms with Crippen molar-refractivity contribution in [2.45, 2.75) is 12.7 Å². The van der Waals surface area contributed by atoms with E-state index in [4.69, 9.17) is 14.2 Å². The molecule has 0 bridgehead atoms. The van der Waals surface area contributed by atoms with E-state index in [-0.39, 0.29) is 6.29 Å². The molecule has 1 atom stereocenters. The molecule has 2 heterocycles. The summed E-state index contributed by atoms with van der Waals surface area (Å²) in [5.41, 5.74) is 3.36. The molecule has 0 fully saturated rings. The lowest BCUT2D eigenvalue weighted by molar-refractivity contribution is -0.126. The molecular formula is C27H27NO3S. The normalized spacial score (nSPS) is 13.2. The predicted octanol–water partition coefficient (Wildman–Crippen LogP) is 6.95. The first kappa shape index (κ1) is 21.2. The van der Waals surface area contributed by atoms with Crippen LogP contribution in [-0.2, 0) is 9.47 Å². The lowest BCUT2D eigenvalue weighted by atomic mass is 10.00. The van der Waals surface area contributed by atoms with Gasteiger partial charge in [-0.25, -0.2) is 0 Å². The van der Waals surface area contributed by atoms with E-state index in [9.17, 15) is 0 Å². The summed E-state index contributed by atoms with van der Waals surface area (Å²) in [5.74, 6) is 1.75. The molecule has 1 unspecified atom stereocenters. The second-order valence-electron chi connectivity index (χ2n) is 8.28. The van der Waals surface area contributed by atoms with Crippen LogP contribution >= 0.6 is 11.3 Å². The van der Waals surface area contributed by atoms with Crippen molar-refractivity contribution in [1.82, 2.24) is 4.90 Å². The fourth-order valence-corrected chi connectivity index (χ4v) is 5.36. The number of nitrogens with zero attached hydrogens (tertiary/aromatic N) is 1. The van der Waals surface area contributed by atoms with Crippen LogP contribution in [0.5, 0.6) is 11.5 Å². The maximum absolute atomic E-state index is 6.42. The minimum absolute atomic E-state index is 0.383. The van der Waals surface area contributed by atoms with Gasteiger partial charge in [0, 0.05) is 28.7 Å². The van der Waals surface area contributed by atoms with Gasteiger partial charge in [-0.1, -0.05) is 42.5 Å². The van der Waals surface area contributed by atoms with Gasteiger partial charge < -0.3 is 19.1 Å². The van der Waals surface area contributed by atoms with Crippen LogP contribution in [0.3, 0.4) is 0 Å². The zero-order valence-electron chi connectivity index (χ0n) is 18.6. The summed E-state index contributed by atoms with van der Waals surface area (Å²) < 4.78 is 18.3. The van der Waals surface area contributed by atoms with Crippen molar-refractivity contribution in [2.75, 3.05) is 34.4 Å². The third-order valence-electron chi connectivity index (χ3n) is 5.71. The molecule has 0 saturated heterocycles. The van der Waals surface area contributed by atoms with Gasteiger partial charge in [-0.05, 0) is 62.1 Å². The highest BCUT2D eigenvalue weighted by Gasteiger charge is 2.26. The summed E-state index contributed by atoms with van der Waals surface area (Å²) in [6, 6.07) is 23.2. The van der Waals surface area contributed by atoms with E-state index in [1.807, 2.05) is 12.1 Å². The molecule has 164 valence electrons. The summed E-state index contributed by atoms with van der Waals surface area (Å²) in [6.45, 7) is 1.64. The summed E-state index contributed by atoms with van der Waals surface area (Å²) in [4.78, 5) is 4.42. The molecule has 0 spiro atoms. The van der Waals surface area contributed by atoms with Crippen LogP contribution < -0.4 is 4.74 Å². The maximum Gasteiger partial charge on any atom is 0.192 e. The Bertz CT molecular complexity index is 1250. The predicted molar refractivity (Wildman–Crippen MR) is 132 cm³/mol. The molecule has 5 heteroatoms. The van der Waals surface area contributed by atoms with Crippen LogP contribution in [-0.4, -0.2) is 39.3 Å². The Morgan fingerprint density at radius 2 is 1.62 bits per heavy atom. The lowest BCUT2D eigenvalue weighted by Crippen LogP contribution is -2.16. The minimum atomic E-state index is -0.383. The van der Waals surface area contributed by atoms with Gasteiger partial charge >= 0.3 is 0 Å². The van der Waals surface area contributed by atoms with E-state index in [0.29, 0.717) is 6.61 Å². The molecule has 4 nitrogen and oxygen atoms in total. The Labute approximate surface area is 193 Å². The van der Waals surface area contributed by atoms with Crippen molar-refractivity contribution >= 4 is 22.1 Å². The first-order valence-electron chi connectivity index (χ1n) is 10.9. The zero-order valence-corrected chi connectivity index (χ0v) is 19.4. The van der Waals surface area contributed by atoms with E-state index >= 15 is 0 Å². The quantitative estimate of drug-likeness (QED) is 0.200. The number of fused-ring (bicyclic) bond motifs is 6. The fraction of sp³-hybridized carbons (Fsp3) is 0.259. The van der Waals surface area contributed by atoms with Gasteiger partial charge in [0.05, 0.1) is 11.5 Å². The number of para-hydroxylation sites is 1. The van der Waals surface area contributed by atoms with Crippen molar-refractivity contribution in [3.63, 3.8) is 0 Å². The third kappa shape index (κ3) is 4.05. The van der Waals surface area contributed by atoms with Gasteiger partial charge in [-0.3, -0.25) is 0 Å². The molecule has 1 aliphatic rings. The van der Waals surface area contributed by atoms with Crippen molar-refractivity contribution in [3.8, 4) is 33.1 Å². The van der Waals surface area contributed by atoms with Gasteiger partial charge in [0.15, 0.2) is 6.29 Å². The van der Waals surface area contributed by atoms with E-state index in [1.165, 1.54) is 15.6 Å². The summed E-state index contributed by atoms with van der Waals surface area (Å²) in [5, 5.41) is 2.37. The van der Waals surface area contributed by atoms with Crippen LogP contribution in [0.2, 0.25) is 0 Å². The Hall–Kier alpha value is -2.70. The maximum atomic E-state index is 6.42. The first-order chi connectivity index (χ1) is 15.6. The molecule has 0 radical (unpaired) electrons. The Morgan fingerprint density at radius 3 is 2.41 bits per heavy atom. The number of hydrogen-bond acceptors (Lipinski definition) is 5. The highest BCUT2D eigenvalue weighted by atomic mass is 32.1. The van der Waals surface area contributed by atoms with E-state index < -0.39 is 0 Å². The van der Waals surface area contributed by atoms with E-state index in [1.54, 1.807) is 18.4 Å². The fourth-order valence-electron chi connectivity index (χ4n) is 4.14. The Balaban J connectivity index is 1.59. The molecular weight excluding hydrogens is 418 g/mol. The largest absolute Gasteiger partial charge is 0.456 e. The molecule has 4 aromatic rings. The SMILES string of the molecule is COC(OCCCN(C)C)c1cc2c(s1)-c1cc3ccccc3cc1Oc1ccccc1-2. The third-order valence-corrected chi connectivity index (χ3v) is 6.90. The molecule has 3 aromatic carbocycles. The average molecular weight is 446 g/mol. The van der Waals surface area contributed by atoms with Crippen LogP contribution in [0.15, 0.2) is 66.7 Å². The molecule has 1 aliphatic heterocycles. The molecule has 5 rings (SSSR count). The highest BCUT2D eigenvalue weighted by molar-refractivity contribution is 7.16. The molecule has 0 amide bonds. The number of methoxy groups -OCH3 is 1. The molecule has 0 N–H and O–H groups in total. The summed E-state index contributed by atoms with van der Waals surface area (Å²) in [7, 11) is 5.86. The molecule has 1 aromatic heterocycles. The van der Waals surface area contributed by atoms with Gasteiger partial charge in [-0.15, -0.1) is 11.3 Å². The number of hydrogen-bond donors (Lipinski definition) is 0. The van der Waals surface area contributed by atoms with Crippen molar-refractivity contribution < 1.29 is 14.2 Å². The monoisotopic (exact) mass is 445 g/mol. The number of benzene rings is 3. The van der Waals surface area contributed by atoms with E-state index in [0.717, 1.165) is 46.0 Å². The van der Waals surface area contributed by atoms with Gasteiger partial charge in [0.25, 0.3) is 0 Å². The Morgan fingerprint density at radius 1 is 0.875 bits per heavy atom. The summed E-state index contributed by atoms with van der Waals surface area (Å²) >= 11 is 1.72. The van der Waals surface area contributed by atoms with Crippen LogP contribution in [0.1, 0.15) is 17.6 Å². The van der Waals surface area contributed by atoms with Crippen molar-refractivity contribution in [2.24, 2.45) is 0 Å². The van der Waals surface area contributed by atoms with Crippen LogP contribution in [0.25, 0.3) is 32.3 Å². The standard InChI is InChI=1S/C27H27NO3S/c1-28(2)13-8-14-30-27(29-3)25-17-21-20-11-6-7-12-23(20)31-24-16-19-10-5-4-9-18(19)15-22(24)26(21)32-25/h4-7,9-12,15-17,27H,8,13-14H2,1-3H3. The first-order valence-corrected chi connectivity index (χ1v) is 11.7. The molecule has 32 heavy (non-hydrogen) atoms. The van der Waals surface area contributed by atoms with Crippen LogP contribution in [0.4, 0.5) is 0 Å². The number of ether oxygens (including phenoxy) is 3.